The molecule has 1 aromatic rings. The summed E-state index contributed by atoms with van der Waals surface area (Å²) in [7, 11) is -3.71. The molecule has 19 heavy (non-hydrogen) atoms. The van der Waals surface area contributed by atoms with Gasteiger partial charge in [0.15, 0.2) is 0 Å². The molecule has 1 amide bonds. The fourth-order valence-corrected chi connectivity index (χ4v) is 3.44. The Balaban J connectivity index is 2.14. The van der Waals surface area contributed by atoms with Gasteiger partial charge in [0.25, 0.3) is 0 Å². The minimum absolute atomic E-state index is 0.136. The number of amides is 1. The third-order valence-electron chi connectivity index (χ3n) is 3.47. The van der Waals surface area contributed by atoms with Crippen molar-refractivity contribution in [3.05, 3.63) is 12.4 Å². The largest absolute Gasteiger partial charge is 0.342 e. The molecule has 0 radical (unpaired) electrons. The zero-order valence-electron chi connectivity index (χ0n) is 11.0. The third kappa shape index (κ3) is 2.97. The van der Waals surface area contributed by atoms with Crippen molar-refractivity contribution in [3.63, 3.8) is 0 Å². The number of aromatic nitrogens is 2. The fraction of sp³-hybridized carbons (Fsp3) is 0.667. The van der Waals surface area contributed by atoms with Crippen molar-refractivity contribution in [2.24, 2.45) is 0 Å². The van der Waals surface area contributed by atoms with Crippen molar-refractivity contribution >= 4 is 15.7 Å². The van der Waals surface area contributed by atoms with Crippen LogP contribution in [0.15, 0.2) is 17.6 Å². The molecular formula is C12H19N3O3S. The second-order valence-corrected chi connectivity index (χ2v) is 7.00. The molecule has 0 unspecified atom stereocenters. The van der Waals surface area contributed by atoms with Crippen LogP contribution in [0.4, 0.5) is 0 Å². The Hall–Kier alpha value is -1.37. The molecule has 1 aliphatic heterocycles. The highest BCUT2D eigenvalue weighted by Crippen LogP contribution is 2.16. The van der Waals surface area contributed by atoms with Crippen LogP contribution in [0, 0.1) is 0 Å². The van der Waals surface area contributed by atoms with Gasteiger partial charge in [-0.3, -0.25) is 4.79 Å². The lowest BCUT2D eigenvalue weighted by Crippen LogP contribution is -2.42. The smallest absolute Gasteiger partial charge is 0.241 e. The van der Waals surface area contributed by atoms with Crippen molar-refractivity contribution < 1.29 is 13.2 Å². The van der Waals surface area contributed by atoms with Gasteiger partial charge in [-0.15, -0.1) is 0 Å². The zero-order valence-corrected chi connectivity index (χ0v) is 11.8. The second-order valence-electron chi connectivity index (χ2n) is 4.82. The topological polar surface area (TPSA) is 83.1 Å². The first kappa shape index (κ1) is 14.0. The molecule has 6 nitrogen and oxygen atoms in total. The monoisotopic (exact) mass is 285 g/mol. The molecule has 0 aliphatic carbocycles. The maximum absolute atomic E-state index is 12.3. The molecule has 0 bridgehead atoms. The minimum atomic E-state index is -3.71. The fourth-order valence-electron chi connectivity index (χ4n) is 2.25. The van der Waals surface area contributed by atoms with Crippen LogP contribution in [0.5, 0.6) is 0 Å². The van der Waals surface area contributed by atoms with Gasteiger partial charge in [0.1, 0.15) is 5.25 Å². The standard InChI is InChI=1S/C12H19N3O3S/c1-10(19(17,18)12-13-6-7-14-12)11(16)15-8-4-2-3-5-9-15/h6-7,10H,2-5,8-9H2,1H3,(H,13,14)/t10-/m1/s1. The van der Waals surface area contributed by atoms with E-state index in [4.69, 9.17) is 0 Å². The van der Waals surface area contributed by atoms with Gasteiger partial charge in [-0.05, 0) is 19.8 Å². The number of hydrogen-bond donors (Lipinski definition) is 1. The van der Waals surface area contributed by atoms with Gasteiger partial charge in [-0.1, -0.05) is 12.8 Å². The molecule has 106 valence electrons. The van der Waals surface area contributed by atoms with Crippen LogP contribution < -0.4 is 0 Å². The summed E-state index contributed by atoms with van der Waals surface area (Å²) in [5, 5.41) is -1.22. The number of carbonyl (C=O) groups is 1. The summed E-state index contributed by atoms with van der Waals surface area (Å²) in [6.07, 6.45) is 6.90. The van der Waals surface area contributed by atoms with Gasteiger partial charge in [-0.2, -0.15) is 0 Å². The Morgan fingerprint density at radius 3 is 2.47 bits per heavy atom. The normalized spacial score (nSPS) is 18.9. The molecule has 1 atom stereocenters. The molecule has 1 aliphatic rings. The number of sulfone groups is 1. The van der Waals surface area contributed by atoms with Gasteiger partial charge >= 0.3 is 0 Å². The number of likely N-dealkylation sites (tertiary alicyclic amines) is 1. The van der Waals surface area contributed by atoms with E-state index in [2.05, 4.69) is 9.97 Å². The van der Waals surface area contributed by atoms with Crippen LogP contribution in [0.1, 0.15) is 32.6 Å². The van der Waals surface area contributed by atoms with Crippen molar-refractivity contribution in [3.8, 4) is 0 Å². The Morgan fingerprint density at radius 1 is 1.32 bits per heavy atom. The molecule has 1 aromatic heterocycles. The molecule has 0 spiro atoms. The molecule has 0 saturated carbocycles. The van der Waals surface area contributed by atoms with Crippen LogP contribution in [0.25, 0.3) is 0 Å². The van der Waals surface area contributed by atoms with Crippen LogP contribution in [-0.2, 0) is 14.6 Å². The number of nitrogens with one attached hydrogen (secondary N) is 1. The van der Waals surface area contributed by atoms with E-state index in [1.165, 1.54) is 19.3 Å². The Kier molecular flexibility index (Phi) is 4.24. The predicted molar refractivity (Wildman–Crippen MR) is 70.3 cm³/mol. The molecule has 1 N–H and O–H groups in total. The van der Waals surface area contributed by atoms with Gasteiger partial charge < -0.3 is 9.88 Å². The number of imidazole rings is 1. The van der Waals surface area contributed by atoms with Crippen LogP contribution in [0.2, 0.25) is 0 Å². The van der Waals surface area contributed by atoms with E-state index < -0.39 is 15.1 Å². The Bertz CT molecular complexity index is 516. The summed E-state index contributed by atoms with van der Waals surface area (Å²) in [4.78, 5) is 20.3. The van der Waals surface area contributed by atoms with E-state index in [9.17, 15) is 13.2 Å². The summed E-state index contributed by atoms with van der Waals surface area (Å²) >= 11 is 0. The van der Waals surface area contributed by atoms with Crippen molar-refractivity contribution in [1.29, 1.82) is 0 Å². The van der Waals surface area contributed by atoms with Crippen LogP contribution in [0.3, 0.4) is 0 Å². The highest BCUT2D eigenvalue weighted by Gasteiger charge is 2.34. The maximum Gasteiger partial charge on any atom is 0.241 e. The number of aromatic amines is 1. The van der Waals surface area contributed by atoms with E-state index in [1.54, 1.807) is 4.90 Å². The average molecular weight is 285 g/mol. The number of hydrogen-bond acceptors (Lipinski definition) is 4. The third-order valence-corrected chi connectivity index (χ3v) is 5.37. The first-order valence-corrected chi connectivity index (χ1v) is 8.10. The molecule has 1 fully saturated rings. The summed E-state index contributed by atoms with van der Waals surface area (Å²) in [5.74, 6) is -0.321. The van der Waals surface area contributed by atoms with Gasteiger partial charge in [0.2, 0.25) is 20.9 Å². The maximum atomic E-state index is 12.3. The SMILES string of the molecule is C[C@H](C(=O)N1CCCCCC1)S(=O)(=O)c1ncc[nH]1. The van der Waals surface area contributed by atoms with Crippen molar-refractivity contribution in [1.82, 2.24) is 14.9 Å². The molecule has 1 saturated heterocycles. The zero-order chi connectivity index (χ0) is 13.9. The van der Waals surface area contributed by atoms with Gasteiger partial charge in [0.05, 0.1) is 0 Å². The van der Waals surface area contributed by atoms with Gasteiger partial charge in [0, 0.05) is 25.5 Å². The highest BCUT2D eigenvalue weighted by atomic mass is 32.2. The Labute approximate surface area is 113 Å². The predicted octanol–water partition coefficient (Wildman–Crippen LogP) is 0.974. The minimum Gasteiger partial charge on any atom is -0.342 e. The molecular weight excluding hydrogens is 266 g/mol. The van der Waals surface area contributed by atoms with E-state index in [1.807, 2.05) is 0 Å². The second kappa shape index (κ2) is 5.73. The quantitative estimate of drug-likeness (QED) is 0.897. The van der Waals surface area contributed by atoms with E-state index >= 15 is 0 Å². The lowest BCUT2D eigenvalue weighted by Gasteiger charge is -2.23. The van der Waals surface area contributed by atoms with E-state index in [-0.39, 0.29) is 11.1 Å². The molecule has 0 aromatic carbocycles. The lowest BCUT2D eigenvalue weighted by atomic mass is 10.2. The van der Waals surface area contributed by atoms with Gasteiger partial charge in [-0.25, -0.2) is 13.4 Å². The molecule has 2 heterocycles. The summed E-state index contributed by atoms with van der Waals surface area (Å²) in [5.41, 5.74) is 0. The summed E-state index contributed by atoms with van der Waals surface area (Å²) in [6.45, 7) is 2.73. The lowest BCUT2D eigenvalue weighted by molar-refractivity contribution is -0.130. The van der Waals surface area contributed by atoms with Crippen LogP contribution >= 0.6 is 0 Å². The van der Waals surface area contributed by atoms with Crippen LogP contribution in [-0.4, -0.2) is 47.5 Å². The Morgan fingerprint density at radius 2 is 1.95 bits per heavy atom. The average Bonchev–Trinajstić information content (AvgIpc) is 2.81. The van der Waals surface area contributed by atoms with E-state index in [0.717, 1.165) is 25.7 Å². The summed E-state index contributed by atoms with van der Waals surface area (Å²) in [6, 6.07) is 0. The first-order chi connectivity index (χ1) is 9.03. The van der Waals surface area contributed by atoms with E-state index in [0.29, 0.717) is 13.1 Å². The highest BCUT2D eigenvalue weighted by molar-refractivity contribution is 7.92. The van der Waals surface area contributed by atoms with Crippen molar-refractivity contribution in [2.45, 2.75) is 43.0 Å². The number of H-pyrrole nitrogens is 1. The molecule has 2 rings (SSSR count). The number of nitrogens with zero attached hydrogens (tertiary/aromatic N) is 2. The number of carbonyl (C=O) groups excluding carboxylic acids is 1. The summed E-state index contributed by atoms with van der Waals surface area (Å²) < 4.78 is 24.4. The first-order valence-electron chi connectivity index (χ1n) is 6.55. The number of rotatable bonds is 3. The van der Waals surface area contributed by atoms with Crippen molar-refractivity contribution in [2.75, 3.05) is 13.1 Å². The molecule has 7 heteroatoms.